The van der Waals surface area contributed by atoms with E-state index in [9.17, 15) is 4.79 Å². The molecule has 1 N–H and O–H groups in total. The Bertz CT molecular complexity index is 558. The molecule has 16 heavy (non-hydrogen) atoms. The highest BCUT2D eigenvalue weighted by Gasteiger charge is 2.25. The molecule has 0 aliphatic carbocycles. The van der Waals surface area contributed by atoms with E-state index >= 15 is 0 Å². The molecule has 0 saturated carbocycles. The zero-order valence-corrected chi connectivity index (χ0v) is 8.47. The van der Waals surface area contributed by atoms with Crippen LogP contribution in [0.1, 0.15) is 23.7 Å². The van der Waals surface area contributed by atoms with Gasteiger partial charge in [-0.2, -0.15) is 0 Å². The molecule has 0 saturated heterocycles. The van der Waals surface area contributed by atoms with Crippen LogP contribution in [0.5, 0.6) is 5.75 Å². The molecule has 0 radical (unpaired) electrons. The number of para-hydroxylation sites is 1. The number of aromatic amines is 1. The average Bonchev–Trinajstić information content (AvgIpc) is 2.75. The minimum Gasteiger partial charge on any atom is -0.493 e. The molecule has 0 amide bonds. The number of fused-ring (bicyclic) bond motifs is 1. The fourth-order valence-electron chi connectivity index (χ4n) is 2.02. The molecule has 0 fully saturated rings. The molecule has 1 aliphatic rings. The van der Waals surface area contributed by atoms with Crippen LogP contribution >= 0.6 is 0 Å². The summed E-state index contributed by atoms with van der Waals surface area (Å²) in [6.07, 6.45) is 0.791. The van der Waals surface area contributed by atoms with Crippen molar-refractivity contribution in [3.8, 4) is 5.75 Å². The van der Waals surface area contributed by atoms with E-state index in [1.54, 1.807) is 0 Å². The van der Waals surface area contributed by atoms with Crippen molar-refractivity contribution in [2.75, 3.05) is 6.61 Å². The van der Waals surface area contributed by atoms with E-state index in [4.69, 9.17) is 4.74 Å². The predicted molar refractivity (Wildman–Crippen MR) is 55.5 cm³/mol. The van der Waals surface area contributed by atoms with Crippen LogP contribution in [0.25, 0.3) is 0 Å². The molecule has 1 unspecified atom stereocenters. The Morgan fingerprint density at radius 2 is 2.25 bits per heavy atom. The lowest BCUT2D eigenvalue weighted by molar-refractivity contribution is 0.272. The van der Waals surface area contributed by atoms with Gasteiger partial charge in [-0.1, -0.05) is 23.4 Å². The van der Waals surface area contributed by atoms with E-state index in [0.29, 0.717) is 12.4 Å². The molecule has 5 heteroatoms. The van der Waals surface area contributed by atoms with Gasteiger partial charge in [0, 0.05) is 5.56 Å². The number of aromatic nitrogens is 2. The van der Waals surface area contributed by atoms with Crippen LogP contribution in [0, 0.1) is 0 Å². The minimum absolute atomic E-state index is 0.0522. The monoisotopic (exact) mass is 218 g/mol. The average molecular weight is 218 g/mol. The summed E-state index contributed by atoms with van der Waals surface area (Å²) in [5.74, 6) is 0.957. The Morgan fingerprint density at radius 3 is 3.06 bits per heavy atom. The van der Waals surface area contributed by atoms with Crippen LogP contribution in [0.3, 0.4) is 0 Å². The summed E-state index contributed by atoms with van der Waals surface area (Å²) >= 11 is 0. The molecule has 1 aromatic carbocycles. The van der Waals surface area contributed by atoms with Gasteiger partial charge in [0.2, 0.25) is 0 Å². The zero-order chi connectivity index (χ0) is 11.0. The lowest BCUT2D eigenvalue weighted by atomic mass is 9.93. The zero-order valence-electron chi connectivity index (χ0n) is 8.47. The topological polar surface area (TPSA) is 68.1 Å². The van der Waals surface area contributed by atoms with Gasteiger partial charge in [-0.15, -0.1) is 0 Å². The Balaban J connectivity index is 2.08. The number of rotatable bonds is 1. The summed E-state index contributed by atoms with van der Waals surface area (Å²) < 4.78 is 10.1. The predicted octanol–water partition coefficient (Wildman–Crippen LogP) is 1.28. The summed E-state index contributed by atoms with van der Waals surface area (Å²) in [5.41, 5.74) is 1.04. The second kappa shape index (κ2) is 3.52. The Labute approximate surface area is 91.0 Å². The molecule has 1 aromatic heterocycles. The van der Waals surface area contributed by atoms with E-state index in [1.165, 1.54) is 0 Å². The highest BCUT2D eigenvalue weighted by molar-refractivity contribution is 5.40. The summed E-state index contributed by atoms with van der Waals surface area (Å²) in [6.45, 7) is 0.622. The van der Waals surface area contributed by atoms with E-state index in [1.807, 2.05) is 24.3 Å². The van der Waals surface area contributed by atoms with E-state index in [2.05, 4.69) is 14.7 Å². The number of ether oxygens (including phenoxy) is 1. The second-order valence-electron chi connectivity index (χ2n) is 3.71. The molecule has 0 bridgehead atoms. The maximum atomic E-state index is 10.9. The number of H-pyrrole nitrogens is 1. The largest absolute Gasteiger partial charge is 0.493 e. The smallest absolute Gasteiger partial charge is 0.438 e. The van der Waals surface area contributed by atoms with Crippen molar-refractivity contribution in [1.29, 1.82) is 0 Å². The quantitative estimate of drug-likeness (QED) is 0.782. The summed E-state index contributed by atoms with van der Waals surface area (Å²) in [7, 11) is 0. The van der Waals surface area contributed by atoms with Gasteiger partial charge in [0.25, 0.3) is 0 Å². The molecule has 2 heterocycles. The first-order valence-electron chi connectivity index (χ1n) is 5.12. The van der Waals surface area contributed by atoms with Crippen molar-refractivity contribution in [1.82, 2.24) is 10.1 Å². The fraction of sp³-hybridized carbons (Fsp3) is 0.273. The Morgan fingerprint density at radius 1 is 1.38 bits per heavy atom. The molecule has 1 atom stereocenters. The van der Waals surface area contributed by atoms with Gasteiger partial charge in [0.05, 0.1) is 12.5 Å². The van der Waals surface area contributed by atoms with Crippen molar-refractivity contribution in [3.05, 3.63) is 46.2 Å². The van der Waals surface area contributed by atoms with Crippen molar-refractivity contribution in [2.45, 2.75) is 12.3 Å². The third-order valence-electron chi connectivity index (χ3n) is 2.75. The SMILES string of the molecule is O=c1[nH]c(C2CCOc3ccccc32)no1. The summed E-state index contributed by atoms with van der Waals surface area (Å²) in [5, 5.41) is 3.74. The van der Waals surface area contributed by atoms with Crippen molar-refractivity contribution >= 4 is 0 Å². The molecule has 1 aliphatic heterocycles. The third-order valence-corrected chi connectivity index (χ3v) is 2.75. The van der Waals surface area contributed by atoms with Crippen LogP contribution in [-0.4, -0.2) is 16.7 Å². The normalized spacial score (nSPS) is 18.9. The summed E-state index contributed by atoms with van der Waals surface area (Å²) in [6, 6.07) is 7.76. The highest BCUT2D eigenvalue weighted by Crippen LogP contribution is 2.35. The van der Waals surface area contributed by atoms with Gasteiger partial charge < -0.3 is 4.74 Å². The van der Waals surface area contributed by atoms with Gasteiger partial charge in [0.15, 0.2) is 5.82 Å². The summed E-state index contributed by atoms with van der Waals surface area (Å²) in [4.78, 5) is 13.5. The molecule has 3 rings (SSSR count). The maximum Gasteiger partial charge on any atom is 0.438 e. The molecular weight excluding hydrogens is 208 g/mol. The van der Waals surface area contributed by atoms with Crippen molar-refractivity contribution < 1.29 is 9.26 Å². The lowest BCUT2D eigenvalue weighted by Crippen LogP contribution is -2.16. The van der Waals surface area contributed by atoms with Crippen LogP contribution in [0.4, 0.5) is 0 Å². The number of nitrogens with one attached hydrogen (secondary N) is 1. The van der Waals surface area contributed by atoms with Gasteiger partial charge in [0.1, 0.15) is 5.75 Å². The van der Waals surface area contributed by atoms with Crippen molar-refractivity contribution in [2.24, 2.45) is 0 Å². The first-order chi connectivity index (χ1) is 7.84. The number of benzene rings is 1. The van der Waals surface area contributed by atoms with E-state index in [-0.39, 0.29) is 5.92 Å². The third kappa shape index (κ3) is 1.41. The first kappa shape index (κ1) is 9.21. The van der Waals surface area contributed by atoms with Crippen molar-refractivity contribution in [3.63, 3.8) is 0 Å². The first-order valence-corrected chi connectivity index (χ1v) is 5.12. The Hall–Kier alpha value is -2.04. The molecule has 0 spiro atoms. The number of hydrogen-bond acceptors (Lipinski definition) is 4. The number of nitrogens with zero attached hydrogens (tertiary/aromatic N) is 1. The van der Waals surface area contributed by atoms with Crippen LogP contribution in [-0.2, 0) is 0 Å². The second-order valence-corrected chi connectivity index (χ2v) is 3.71. The van der Waals surface area contributed by atoms with Gasteiger partial charge in [-0.25, -0.2) is 4.79 Å². The molecular formula is C11H10N2O3. The Kier molecular flexibility index (Phi) is 2.02. The van der Waals surface area contributed by atoms with E-state index < -0.39 is 5.76 Å². The van der Waals surface area contributed by atoms with Gasteiger partial charge in [-0.3, -0.25) is 9.51 Å². The van der Waals surface area contributed by atoms with Crippen LogP contribution < -0.4 is 10.5 Å². The van der Waals surface area contributed by atoms with Gasteiger partial charge in [-0.05, 0) is 12.5 Å². The van der Waals surface area contributed by atoms with Gasteiger partial charge >= 0.3 is 5.76 Å². The highest BCUT2D eigenvalue weighted by atomic mass is 16.5. The minimum atomic E-state index is -0.515. The standard InChI is InChI=1S/C11H10N2O3/c14-11-12-10(13-16-11)8-5-6-15-9-4-2-1-3-7(8)9/h1-4,8H,5-6H2,(H,12,13,14). The molecule has 82 valence electrons. The lowest BCUT2D eigenvalue weighted by Gasteiger charge is -2.23. The maximum absolute atomic E-state index is 10.9. The molecule has 2 aromatic rings. The van der Waals surface area contributed by atoms with E-state index in [0.717, 1.165) is 17.7 Å². The number of hydrogen-bond donors (Lipinski definition) is 1. The molecule has 5 nitrogen and oxygen atoms in total. The fourth-order valence-corrected chi connectivity index (χ4v) is 2.02. The van der Waals surface area contributed by atoms with Crippen LogP contribution in [0.2, 0.25) is 0 Å². The van der Waals surface area contributed by atoms with Crippen LogP contribution in [0.15, 0.2) is 33.6 Å².